The number of benzene rings is 2. The maximum atomic E-state index is 5.93. The van der Waals surface area contributed by atoms with Crippen LogP contribution >= 0.6 is 0 Å². The topological polar surface area (TPSA) is 29.3 Å². The van der Waals surface area contributed by atoms with Gasteiger partial charge in [-0.25, -0.2) is 0 Å². The van der Waals surface area contributed by atoms with Crippen molar-refractivity contribution < 1.29 is 0 Å². The average Bonchev–Trinajstić information content (AvgIpc) is 2.56. The summed E-state index contributed by atoms with van der Waals surface area (Å²) < 4.78 is 0. The van der Waals surface area contributed by atoms with Gasteiger partial charge in [-0.05, 0) is 54.3 Å². The van der Waals surface area contributed by atoms with Gasteiger partial charge in [0, 0.05) is 13.1 Å². The van der Waals surface area contributed by atoms with Gasteiger partial charge < -0.3 is 5.73 Å². The van der Waals surface area contributed by atoms with E-state index in [9.17, 15) is 0 Å². The van der Waals surface area contributed by atoms with Crippen LogP contribution in [0.25, 0.3) is 11.1 Å². The molecule has 0 saturated carbocycles. The van der Waals surface area contributed by atoms with Crippen LogP contribution in [-0.4, -0.2) is 18.0 Å². The Morgan fingerprint density at radius 3 is 2.29 bits per heavy atom. The molecule has 1 saturated heterocycles. The van der Waals surface area contributed by atoms with Crippen LogP contribution in [0, 0.1) is 0 Å². The highest BCUT2D eigenvalue weighted by Gasteiger charge is 2.13. The van der Waals surface area contributed by atoms with E-state index in [1.165, 1.54) is 54.6 Å². The van der Waals surface area contributed by atoms with Crippen molar-refractivity contribution >= 4 is 0 Å². The molecular formula is C19H24N2. The summed E-state index contributed by atoms with van der Waals surface area (Å²) in [6, 6.07) is 17.3. The van der Waals surface area contributed by atoms with Crippen molar-refractivity contribution in [2.24, 2.45) is 5.73 Å². The van der Waals surface area contributed by atoms with E-state index < -0.39 is 0 Å². The normalized spacial score (nSPS) is 16.0. The van der Waals surface area contributed by atoms with Crippen molar-refractivity contribution in [1.29, 1.82) is 0 Å². The predicted molar refractivity (Wildman–Crippen MR) is 88.9 cm³/mol. The van der Waals surface area contributed by atoms with E-state index >= 15 is 0 Å². The van der Waals surface area contributed by atoms with Crippen LogP contribution in [-0.2, 0) is 13.1 Å². The summed E-state index contributed by atoms with van der Waals surface area (Å²) in [6.45, 7) is 4.10. The van der Waals surface area contributed by atoms with E-state index in [1.807, 2.05) is 0 Å². The zero-order chi connectivity index (χ0) is 14.5. The molecule has 1 fully saturated rings. The van der Waals surface area contributed by atoms with Crippen molar-refractivity contribution in [3.63, 3.8) is 0 Å². The van der Waals surface area contributed by atoms with E-state index in [2.05, 4.69) is 53.4 Å². The third-order valence-corrected chi connectivity index (χ3v) is 4.38. The van der Waals surface area contributed by atoms with Crippen molar-refractivity contribution in [2.75, 3.05) is 13.1 Å². The van der Waals surface area contributed by atoms with Gasteiger partial charge in [0.2, 0.25) is 0 Å². The van der Waals surface area contributed by atoms with Crippen LogP contribution in [0.2, 0.25) is 0 Å². The van der Waals surface area contributed by atoms with Crippen molar-refractivity contribution in [2.45, 2.75) is 32.4 Å². The summed E-state index contributed by atoms with van der Waals surface area (Å²) in [6.07, 6.45) is 4.04. The fourth-order valence-electron chi connectivity index (χ4n) is 3.14. The molecule has 3 rings (SSSR count). The third kappa shape index (κ3) is 3.52. The SMILES string of the molecule is NCc1ccc(-c2ccccc2)cc1CN1CCCCC1. The first-order valence-corrected chi connectivity index (χ1v) is 7.96. The number of likely N-dealkylation sites (tertiary alicyclic amines) is 1. The van der Waals surface area contributed by atoms with E-state index in [-0.39, 0.29) is 0 Å². The average molecular weight is 280 g/mol. The highest BCUT2D eigenvalue weighted by molar-refractivity contribution is 5.64. The van der Waals surface area contributed by atoms with E-state index in [4.69, 9.17) is 5.73 Å². The van der Waals surface area contributed by atoms with Gasteiger partial charge in [0.1, 0.15) is 0 Å². The Hall–Kier alpha value is -1.64. The summed E-state index contributed by atoms with van der Waals surface area (Å²) in [4.78, 5) is 2.56. The number of piperidine rings is 1. The van der Waals surface area contributed by atoms with Gasteiger partial charge in [-0.2, -0.15) is 0 Å². The Morgan fingerprint density at radius 2 is 1.57 bits per heavy atom. The van der Waals surface area contributed by atoms with Gasteiger partial charge in [-0.15, -0.1) is 0 Å². The second-order valence-electron chi connectivity index (χ2n) is 5.89. The van der Waals surface area contributed by atoms with Gasteiger partial charge in [0.15, 0.2) is 0 Å². The molecule has 110 valence electrons. The molecule has 0 spiro atoms. The second kappa shape index (κ2) is 6.88. The lowest BCUT2D eigenvalue weighted by Crippen LogP contribution is -2.29. The molecule has 0 unspecified atom stereocenters. The minimum atomic E-state index is 0.623. The molecule has 0 aliphatic carbocycles. The zero-order valence-corrected chi connectivity index (χ0v) is 12.6. The smallest absolute Gasteiger partial charge is 0.0237 e. The number of rotatable bonds is 4. The minimum absolute atomic E-state index is 0.623. The monoisotopic (exact) mass is 280 g/mol. The van der Waals surface area contributed by atoms with E-state index in [0.717, 1.165) is 6.54 Å². The van der Waals surface area contributed by atoms with Crippen molar-refractivity contribution in [3.05, 3.63) is 59.7 Å². The quantitative estimate of drug-likeness (QED) is 0.923. The van der Waals surface area contributed by atoms with Gasteiger partial charge in [-0.1, -0.05) is 48.9 Å². The minimum Gasteiger partial charge on any atom is -0.326 e. The molecule has 1 heterocycles. The standard InChI is InChI=1S/C19H24N2/c20-14-18-10-9-17(16-7-3-1-4-8-16)13-19(18)15-21-11-5-2-6-12-21/h1,3-4,7-10,13H,2,5-6,11-12,14-15,20H2. The molecule has 21 heavy (non-hydrogen) atoms. The molecule has 2 N–H and O–H groups in total. The van der Waals surface area contributed by atoms with E-state index in [0.29, 0.717) is 6.54 Å². The molecule has 0 radical (unpaired) electrons. The Balaban J connectivity index is 1.86. The Labute approximate surface area is 127 Å². The Kier molecular flexibility index (Phi) is 4.69. The summed E-state index contributed by atoms with van der Waals surface area (Å²) in [7, 11) is 0. The lowest BCUT2D eigenvalue weighted by atomic mass is 9.98. The lowest BCUT2D eigenvalue weighted by molar-refractivity contribution is 0.220. The van der Waals surface area contributed by atoms with Crippen molar-refractivity contribution in [3.8, 4) is 11.1 Å². The van der Waals surface area contributed by atoms with Crippen LogP contribution in [0.1, 0.15) is 30.4 Å². The number of nitrogens with zero attached hydrogens (tertiary/aromatic N) is 1. The fraction of sp³-hybridized carbons (Fsp3) is 0.368. The predicted octanol–water partition coefficient (Wildman–Crippen LogP) is 3.80. The molecule has 2 aromatic rings. The number of hydrogen-bond acceptors (Lipinski definition) is 2. The molecule has 1 aliphatic rings. The maximum Gasteiger partial charge on any atom is 0.0237 e. The Morgan fingerprint density at radius 1 is 0.810 bits per heavy atom. The van der Waals surface area contributed by atoms with Crippen molar-refractivity contribution in [1.82, 2.24) is 4.90 Å². The summed E-state index contributed by atoms with van der Waals surface area (Å²) >= 11 is 0. The lowest BCUT2D eigenvalue weighted by Gasteiger charge is -2.27. The molecule has 0 atom stereocenters. The molecule has 1 aliphatic heterocycles. The maximum absolute atomic E-state index is 5.93. The zero-order valence-electron chi connectivity index (χ0n) is 12.6. The van der Waals surface area contributed by atoms with Gasteiger partial charge >= 0.3 is 0 Å². The molecule has 2 heteroatoms. The molecule has 2 nitrogen and oxygen atoms in total. The van der Waals surface area contributed by atoms with Crippen LogP contribution < -0.4 is 5.73 Å². The van der Waals surface area contributed by atoms with Crippen LogP contribution in [0.15, 0.2) is 48.5 Å². The van der Waals surface area contributed by atoms with Crippen LogP contribution in [0.5, 0.6) is 0 Å². The largest absolute Gasteiger partial charge is 0.326 e. The highest BCUT2D eigenvalue weighted by atomic mass is 15.1. The molecule has 2 aromatic carbocycles. The van der Waals surface area contributed by atoms with Crippen LogP contribution in [0.4, 0.5) is 0 Å². The first-order chi connectivity index (χ1) is 10.4. The number of nitrogens with two attached hydrogens (primary N) is 1. The van der Waals surface area contributed by atoms with Gasteiger partial charge in [0.25, 0.3) is 0 Å². The first-order valence-electron chi connectivity index (χ1n) is 7.96. The van der Waals surface area contributed by atoms with Gasteiger partial charge in [0.05, 0.1) is 0 Å². The highest BCUT2D eigenvalue weighted by Crippen LogP contribution is 2.24. The third-order valence-electron chi connectivity index (χ3n) is 4.38. The molecule has 0 amide bonds. The summed E-state index contributed by atoms with van der Waals surface area (Å²) in [5.41, 5.74) is 11.2. The molecule has 0 bridgehead atoms. The first kappa shape index (κ1) is 14.3. The van der Waals surface area contributed by atoms with Crippen LogP contribution in [0.3, 0.4) is 0 Å². The van der Waals surface area contributed by atoms with E-state index in [1.54, 1.807) is 0 Å². The number of hydrogen-bond donors (Lipinski definition) is 1. The Bertz CT molecular complexity index is 571. The second-order valence-corrected chi connectivity index (χ2v) is 5.89. The van der Waals surface area contributed by atoms with Gasteiger partial charge in [-0.3, -0.25) is 4.90 Å². The summed E-state index contributed by atoms with van der Waals surface area (Å²) in [5.74, 6) is 0. The summed E-state index contributed by atoms with van der Waals surface area (Å²) in [5, 5.41) is 0. The molecular weight excluding hydrogens is 256 g/mol. The fourth-order valence-corrected chi connectivity index (χ4v) is 3.14. The molecule has 0 aromatic heterocycles.